The number of nitrogens with one attached hydrogen (secondary N) is 1. The first kappa shape index (κ1) is 11.8. The Hall–Kier alpha value is 0.750. The van der Waals surface area contributed by atoms with Crippen LogP contribution in [0.3, 0.4) is 0 Å². The lowest BCUT2D eigenvalue weighted by Gasteiger charge is -2.19. The average molecular weight is 247 g/mol. The molecule has 0 saturated heterocycles. The normalized spacial score (nSPS) is 12.0. The maximum absolute atomic E-state index is 8.85. The molecule has 0 atom stereocenters. The van der Waals surface area contributed by atoms with Crippen molar-refractivity contribution in [1.29, 1.82) is 0 Å². The molecule has 0 heterocycles. The highest BCUT2D eigenvalue weighted by Crippen LogP contribution is 2.50. The summed E-state index contributed by atoms with van der Waals surface area (Å²) >= 11 is 3.20. The van der Waals surface area contributed by atoms with Gasteiger partial charge >= 0.3 is 0 Å². The number of hydrogen-bond acceptors (Lipinski definition) is 4. The molecule has 4 N–H and O–H groups in total. The molecule has 0 aliphatic carbocycles. The largest absolute Gasteiger partial charge is 0.360 e. The molecule has 0 amide bonds. The highest BCUT2D eigenvalue weighted by atomic mass is 79.9. The van der Waals surface area contributed by atoms with Crippen molar-refractivity contribution in [3.8, 4) is 0 Å². The SMILES string of the molecule is OC[P+](CO)(CO)NCCBr. The molecule has 0 saturated carbocycles. The van der Waals surface area contributed by atoms with Gasteiger partial charge in [-0.1, -0.05) is 15.9 Å². The second-order valence-corrected chi connectivity index (χ2v) is 6.41. The standard InChI is InChI=1S/C5H14BrNO3P/c6-1-2-7-11(3-8,4-9)5-10/h7-10H,1-5H2/q+1. The number of aliphatic hydroxyl groups excluding tert-OH is 3. The second kappa shape index (κ2) is 6.29. The van der Waals surface area contributed by atoms with E-state index < -0.39 is 7.41 Å². The average Bonchev–Trinajstić information content (AvgIpc) is 2.08. The van der Waals surface area contributed by atoms with Gasteiger partial charge in [0.1, 0.15) is 0 Å². The Bertz CT molecular complexity index is 93.5. The zero-order valence-corrected chi connectivity index (χ0v) is 8.68. The van der Waals surface area contributed by atoms with E-state index in [1.807, 2.05) is 0 Å². The number of aliphatic hydroxyl groups is 3. The van der Waals surface area contributed by atoms with Crippen molar-refractivity contribution < 1.29 is 15.3 Å². The van der Waals surface area contributed by atoms with Gasteiger partial charge in [0.2, 0.25) is 0 Å². The molecular weight excluding hydrogens is 233 g/mol. The Morgan fingerprint density at radius 2 is 1.55 bits per heavy atom. The van der Waals surface area contributed by atoms with Gasteiger partial charge in [0.25, 0.3) is 0 Å². The van der Waals surface area contributed by atoms with Crippen molar-refractivity contribution in [3.05, 3.63) is 0 Å². The smallest absolute Gasteiger partial charge is 0.174 e. The molecule has 4 nitrogen and oxygen atoms in total. The van der Waals surface area contributed by atoms with Crippen LogP contribution >= 0.6 is 23.3 Å². The Morgan fingerprint density at radius 3 is 1.82 bits per heavy atom. The first-order valence-electron chi connectivity index (χ1n) is 3.24. The van der Waals surface area contributed by atoms with Gasteiger partial charge in [-0.15, -0.1) is 0 Å². The van der Waals surface area contributed by atoms with Crippen LogP contribution in [0.15, 0.2) is 0 Å². The van der Waals surface area contributed by atoms with Gasteiger partial charge in [-0.3, -0.25) is 0 Å². The summed E-state index contributed by atoms with van der Waals surface area (Å²) < 4.78 is 0. The summed E-state index contributed by atoms with van der Waals surface area (Å²) in [6, 6.07) is 0. The number of hydrogen-bond donors (Lipinski definition) is 4. The monoisotopic (exact) mass is 246 g/mol. The molecule has 0 aliphatic heterocycles. The van der Waals surface area contributed by atoms with Crippen LogP contribution in [-0.2, 0) is 0 Å². The number of alkyl halides is 1. The fraction of sp³-hybridized carbons (Fsp3) is 1.00. The third-order valence-electron chi connectivity index (χ3n) is 1.35. The van der Waals surface area contributed by atoms with Gasteiger partial charge in [-0.2, -0.15) is 5.09 Å². The summed E-state index contributed by atoms with van der Waals surface area (Å²) in [5.41, 5.74) is 0. The van der Waals surface area contributed by atoms with E-state index >= 15 is 0 Å². The quantitative estimate of drug-likeness (QED) is 0.386. The molecule has 0 fully saturated rings. The predicted octanol–water partition coefficient (Wildman–Crippen LogP) is -0.247. The van der Waals surface area contributed by atoms with Crippen LogP contribution < -0.4 is 5.09 Å². The third kappa shape index (κ3) is 3.78. The Morgan fingerprint density at radius 1 is 1.09 bits per heavy atom. The van der Waals surface area contributed by atoms with Crippen molar-refractivity contribution in [3.63, 3.8) is 0 Å². The van der Waals surface area contributed by atoms with Crippen LogP contribution in [0, 0.1) is 0 Å². The van der Waals surface area contributed by atoms with Crippen molar-refractivity contribution >= 4 is 23.3 Å². The zero-order chi connectivity index (χ0) is 8.74. The highest BCUT2D eigenvalue weighted by molar-refractivity contribution is 9.09. The fourth-order valence-corrected chi connectivity index (χ4v) is 2.22. The van der Waals surface area contributed by atoms with E-state index in [4.69, 9.17) is 15.3 Å². The minimum atomic E-state index is -2.07. The molecule has 6 heteroatoms. The van der Waals surface area contributed by atoms with Crippen LogP contribution in [-0.4, -0.2) is 46.2 Å². The predicted molar refractivity (Wildman–Crippen MR) is 50.0 cm³/mol. The topological polar surface area (TPSA) is 72.7 Å². The van der Waals surface area contributed by atoms with Gasteiger partial charge < -0.3 is 15.3 Å². The number of rotatable bonds is 6. The second-order valence-electron chi connectivity index (χ2n) is 2.17. The van der Waals surface area contributed by atoms with E-state index in [-0.39, 0.29) is 19.0 Å². The van der Waals surface area contributed by atoms with Crippen LogP contribution in [0.25, 0.3) is 0 Å². The van der Waals surface area contributed by atoms with E-state index in [1.54, 1.807) is 0 Å². The van der Waals surface area contributed by atoms with E-state index in [1.165, 1.54) is 0 Å². The van der Waals surface area contributed by atoms with Crippen molar-refractivity contribution in [2.24, 2.45) is 0 Å². The summed E-state index contributed by atoms with van der Waals surface area (Å²) in [4.78, 5) is 0. The molecule has 0 aromatic rings. The fourth-order valence-electron chi connectivity index (χ4n) is 0.564. The molecule has 11 heavy (non-hydrogen) atoms. The molecule has 0 aromatic carbocycles. The molecule has 0 rings (SSSR count). The molecule has 0 aromatic heterocycles. The maximum Gasteiger partial charge on any atom is 0.174 e. The first-order chi connectivity index (χ1) is 5.24. The van der Waals surface area contributed by atoms with Gasteiger partial charge in [0.15, 0.2) is 26.5 Å². The Kier molecular flexibility index (Phi) is 6.71. The summed E-state index contributed by atoms with van der Waals surface area (Å²) in [5.74, 6) is 0. The summed E-state index contributed by atoms with van der Waals surface area (Å²) in [6.45, 7) is 0.648. The molecule has 0 bridgehead atoms. The minimum absolute atomic E-state index is 0.160. The lowest BCUT2D eigenvalue weighted by atomic mass is 10.8. The Labute approximate surface area is 75.1 Å². The molecular formula is C5H14BrNO3P+. The van der Waals surface area contributed by atoms with Crippen LogP contribution in [0.4, 0.5) is 0 Å². The molecule has 0 spiro atoms. The van der Waals surface area contributed by atoms with Crippen molar-refractivity contribution in [2.75, 3.05) is 30.9 Å². The van der Waals surface area contributed by atoms with E-state index in [0.717, 1.165) is 5.33 Å². The van der Waals surface area contributed by atoms with Crippen molar-refractivity contribution in [2.45, 2.75) is 0 Å². The number of halogens is 1. The summed E-state index contributed by atoms with van der Waals surface area (Å²) in [6.07, 6.45) is -0.479. The van der Waals surface area contributed by atoms with E-state index in [2.05, 4.69) is 21.0 Å². The van der Waals surface area contributed by atoms with E-state index in [0.29, 0.717) is 6.54 Å². The third-order valence-corrected chi connectivity index (χ3v) is 4.27. The molecule has 68 valence electrons. The highest BCUT2D eigenvalue weighted by Gasteiger charge is 2.34. The summed E-state index contributed by atoms with van der Waals surface area (Å²) in [7, 11) is -2.07. The van der Waals surface area contributed by atoms with Gasteiger partial charge in [0.05, 0.1) is 0 Å². The summed E-state index contributed by atoms with van der Waals surface area (Å²) in [5, 5.41) is 30.3. The lowest BCUT2D eigenvalue weighted by molar-refractivity contribution is 0.308. The van der Waals surface area contributed by atoms with Crippen LogP contribution in [0.1, 0.15) is 0 Å². The van der Waals surface area contributed by atoms with Crippen LogP contribution in [0.5, 0.6) is 0 Å². The van der Waals surface area contributed by atoms with Crippen LogP contribution in [0.2, 0.25) is 0 Å². The van der Waals surface area contributed by atoms with Gasteiger partial charge in [0, 0.05) is 11.9 Å². The lowest BCUT2D eigenvalue weighted by Crippen LogP contribution is -2.25. The minimum Gasteiger partial charge on any atom is -0.360 e. The van der Waals surface area contributed by atoms with E-state index in [9.17, 15) is 0 Å². The first-order valence-corrected chi connectivity index (χ1v) is 6.71. The van der Waals surface area contributed by atoms with Crippen molar-refractivity contribution in [1.82, 2.24) is 5.09 Å². The zero-order valence-electron chi connectivity index (χ0n) is 6.20. The Balaban J connectivity index is 3.84. The molecule has 0 unspecified atom stereocenters. The molecule has 0 aliphatic rings. The van der Waals surface area contributed by atoms with Gasteiger partial charge in [-0.25, -0.2) is 0 Å². The molecule has 0 radical (unpaired) electrons. The van der Waals surface area contributed by atoms with Gasteiger partial charge in [-0.05, 0) is 0 Å². The maximum atomic E-state index is 8.85.